The SMILES string of the molecule is C/C=C(\C)C(=O)O/C(=C/COCC)C1=CCCC1. The molecule has 1 aliphatic rings. The summed E-state index contributed by atoms with van der Waals surface area (Å²) >= 11 is 0. The van der Waals surface area contributed by atoms with Gasteiger partial charge < -0.3 is 9.47 Å². The van der Waals surface area contributed by atoms with Crippen LogP contribution in [0.15, 0.2) is 35.1 Å². The van der Waals surface area contributed by atoms with Crippen LogP contribution in [0.1, 0.15) is 40.0 Å². The minimum absolute atomic E-state index is 0.284. The summed E-state index contributed by atoms with van der Waals surface area (Å²) in [5.74, 6) is 0.375. The standard InChI is InChI=1S/C15H22O3/c1-4-12(3)15(16)18-14(10-11-17-5-2)13-8-6-7-9-13/h4,8,10H,5-7,9,11H2,1-3H3/b12-4+,14-10+. The molecule has 0 unspecified atom stereocenters. The first-order chi connectivity index (χ1) is 8.69. The zero-order valence-electron chi connectivity index (χ0n) is 11.5. The smallest absolute Gasteiger partial charge is 0.338 e. The van der Waals surface area contributed by atoms with E-state index in [1.807, 2.05) is 19.9 Å². The fourth-order valence-electron chi connectivity index (χ4n) is 1.68. The molecule has 0 fully saturated rings. The second-order valence-electron chi connectivity index (χ2n) is 4.21. The summed E-state index contributed by atoms with van der Waals surface area (Å²) in [4.78, 5) is 11.8. The van der Waals surface area contributed by atoms with Crippen LogP contribution >= 0.6 is 0 Å². The normalized spacial score (nSPS) is 16.7. The van der Waals surface area contributed by atoms with Gasteiger partial charge in [-0.2, -0.15) is 0 Å². The highest BCUT2D eigenvalue weighted by Crippen LogP contribution is 2.26. The molecule has 0 bridgehead atoms. The number of allylic oxidation sites excluding steroid dienone is 3. The Bertz CT molecular complexity index is 375. The second kappa shape index (κ2) is 7.88. The first-order valence-corrected chi connectivity index (χ1v) is 6.51. The molecular formula is C15H22O3. The van der Waals surface area contributed by atoms with Gasteiger partial charge in [0.25, 0.3) is 0 Å². The van der Waals surface area contributed by atoms with Crippen LogP contribution in [0.3, 0.4) is 0 Å². The van der Waals surface area contributed by atoms with Crippen molar-refractivity contribution in [1.82, 2.24) is 0 Å². The third-order valence-corrected chi connectivity index (χ3v) is 2.91. The Labute approximate surface area is 109 Å². The van der Waals surface area contributed by atoms with Gasteiger partial charge in [-0.15, -0.1) is 0 Å². The average Bonchev–Trinajstić information content (AvgIpc) is 2.90. The van der Waals surface area contributed by atoms with Crippen molar-refractivity contribution in [3.63, 3.8) is 0 Å². The summed E-state index contributed by atoms with van der Waals surface area (Å²) in [6.45, 7) is 6.66. The van der Waals surface area contributed by atoms with Gasteiger partial charge in [-0.25, -0.2) is 4.79 Å². The number of esters is 1. The molecule has 0 atom stereocenters. The van der Waals surface area contributed by atoms with Gasteiger partial charge in [-0.05, 0) is 51.7 Å². The van der Waals surface area contributed by atoms with Crippen LogP contribution in [0, 0.1) is 0 Å². The maximum absolute atomic E-state index is 11.8. The fraction of sp³-hybridized carbons (Fsp3) is 0.533. The Kier molecular flexibility index (Phi) is 6.44. The summed E-state index contributed by atoms with van der Waals surface area (Å²) in [6, 6.07) is 0. The molecule has 0 aromatic heterocycles. The molecule has 0 radical (unpaired) electrons. The predicted molar refractivity (Wildman–Crippen MR) is 72.0 cm³/mol. The Morgan fingerprint density at radius 2 is 2.28 bits per heavy atom. The van der Waals surface area contributed by atoms with Gasteiger partial charge in [0.2, 0.25) is 0 Å². The number of hydrogen-bond acceptors (Lipinski definition) is 3. The van der Waals surface area contributed by atoms with Crippen molar-refractivity contribution >= 4 is 5.97 Å². The lowest BCUT2D eigenvalue weighted by molar-refractivity contribution is -0.134. The first-order valence-electron chi connectivity index (χ1n) is 6.51. The topological polar surface area (TPSA) is 35.5 Å². The highest BCUT2D eigenvalue weighted by molar-refractivity contribution is 5.88. The zero-order chi connectivity index (χ0) is 13.4. The van der Waals surface area contributed by atoms with Crippen LogP contribution in [-0.2, 0) is 14.3 Å². The third kappa shape index (κ3) is 4.49. The van der Waals surface area contributed by atoms with E-state index in [9.17, 15) is 4.79 Å². The molecule has 1 aliphatic carbocycles. The van der Waals surface area contributed by atoms with E-state index in [0.717, 1.165) is 24.8 Å². The maximum Gasteiger partial charge on any atom is 0.338 e. The molecule has 0 aromatic rings. The molecule has 100 valence electrons. The lowest BCUT2D eigenvalue weighted by Gasteiger charge is -2.10. The summed E-state index contributed by atoms with van der Waals surface area (Å²) < 4.78 is 10.7. The fourth-order valence-corrected chi connectivity index (χ4v) is 1.68. The van der Waals surface area contributed by atoms with Gasteiger partial charge >= 0.3 is 5.97 Å². The molecule has 3 heteroatoms. The van der Waals surface area contributed by atoms with E-state index in [4.69, 9.17) is 9.47 Å². The lowest BCUT2D eigenvalue weighted by atomic mass is 10.2. The average molecular weight is 250 g/mol. The molecule has 0 N–H and O–H groups in total. The van der Waals surface area contributed by atoms with E-state index in [1.165, 1.54) is 0 Å². The largest absolute Gasteiger partial charge is 0.423 e. The summed E-state index contributed by atoms with van der Waals surface area (Å²) in [7, 11) is 0. The van der Waals surface area contributed by atoms with E-state index in [1.54, 1.807) is 13.0 Å². The van der Waals surface area contributed by atoms with Crippen molar-refractivity contribution in [2.75, 3.05) is 13.2 Å². The molecule has 18 heavy (non-hydrogen) atoms. The Morgan fingerprint density at radius 1 is 1.50 bits per heavy atom. The molecule has 0 spiro atoms. The van der Waals surface area contributed by atoms with Crippen LogP contribution in [0.5, 0.6) is 0 Å². The molecular weight excluding hydrogens is 228 g/mol. The quantitative estimate of drug-likeness (QED) is 0.313. The van der Waals surface area contributed by atoms with Crippen LogP contribution in [-0.4, -0.2) is 19.2 Å². The molecule has 0 saturated heterocycles. The predicted octanol–water partition coefficient (Wildman–Crippen LogP) is 3.53. The Morgan fingerprint density at radius 3 is 2.83 bits per heavy atom. The monoisotopic (exact) mass is 250 g/mol. The summed E-state index contributed by atoms with van der Waals surface area (Å²) in [5, 5.41) is 0. The minimum Gasteiger partial charge on any atom is -0.423 e. The van der Waals surface area contributed by atoms with E-state index in [2.05, 4.69) is 6.08 Å². The van der Waals surface area contributed by atoms with Crippen LogP contribution < -0.4 is 0 Å². The van der Waals surface area contributed by atoms with Gasteiger partial charge in [0.05, 0.1) is 6.61 Å². The van der Waals surface area contributed by atoms with Crippen molar-refractivity contribution < 1.29 is 14.3 Å². The zero-order valence-corrected chi connectivity index (χ0v) is 11.5. The van der Waals surface area contributed by atoms with Crippen molar-refractivity contribution in [3.8, 4) is 0 Å². The van der Waals surface area contributed by atoms with Crippen LogP contribution in [0.2, 0.25) is 0 Å². The lowest BCUT2D eigenvalue weighted by Crippen LogP contribution is -2.08. The van der Waals surface area contributed by atoms with Crippen molar-refractivity contribution in [2.45, 2.75) is 40.0 Å². The van der Waals surface area contributed by atoms with E-state index in [0.29, 0.717) is 24.5 Å². The van der Waals surface area contributed by atoms with E-state index >= 15 is 0 Å². The molecule has 3 nitrogen and oxygen atoms in total. The van der Waals surface area contributed by atoms with Gasteiger partial charge in [0, 0.05) is 12.2 Å². The van der Waals surface area contributed by atoms with Gasteiger partial charge in [-0.3, -0.25) is 0 Å². The molecule has 0 aliphatic heterocycles. The molecule has 1 rings (SSSR count). The highest BCUT2D eigenvalue weighted by Gasteiger charge is 2.15. The van der Waals surface area contributed by atoms with Crippen LogP contribution in [0.4, 0.5) is 0 Å². The third-order valence-electron chi connectivity index (χ3n) is 2.91. The second-order valence-corrected chi connectivity index (χ2v) is 4.21. The van der Waals surface area contributed by atoms with Crippen LogP contribution in [0.25, 0.3) is 0 Å². The summed E-state index contributed by atoms with van der Waals surface area (Å²) in [6.07, 6.45) is 8.89. The number of rotatable bonds is 6. The highest BCUT2D eigenvalue weighted by atomic mass is 16.5. The van der Waals surface area contributed by atoms with Gasteiger partial charge in [-0.1, -0.05) is 12.2 Å². The van der Waals surface area contributed by atoms with Crippen molar-refractivity contribution in [2.24, 2.45) is 0 Å². The molecule has 0 aromatic carbocycles. The minimum atomic E-state index is -0.284. The Hall–Kier alpha value is -1.35. The van der Waals surface area contributed by atoms with E-state index in [-0.39, 0.29) is 5.97 Å². The maximum atomic E-state index is 11.8. The number of hydrogen-bond donors (Lipinski definition) is 0. The number of ether oxygens (including phenoxy) is 2. The number of carbonyl (C=O) groups is 1. The van der Waals surface area contributed by atoms with Gasteiger partial charge in [0.15, 0.2) is 0 Å². The first kappa shape index (κ1) is 14.7. The molecule has 0 amide bonds. The molecule has 0 heterocycles. The Balaban J connectivity index is 2.71. The van der Waals surface area contributed by atoms with E-state index < -0.39 is 0 Å². The van der Waals surface area contributed by atoms with Gasteiger partial charge in [0.1, 0.15) is 5.76 Å². The molecule has 0 saturated carbocycles. The summed E-state index contributed by atoms with van der Waals surface area (Å²) in [5.41, 5.74) is 1.74. The number of carbonyl (C=O) groups excluding carboxylic acids is 1. The van der Waals surface area contributed by atoms with Crippen molar-refractivity contribution in [1.29, 1.82) is 0 Å². The van der Waals surface area contributed by atoms with Crippen molar-refractivity contribution in [3.05, 3.63) is 35.1 Å².